The van der Waals surface area contributed by atoms with Crippen LogP contribution in [-0.2, 0) is 9.92 Å². The summed E-state index contributed by atoms with van der Waals surface area (Å²) in [5.74, 6) is 0. The minimum Gasteiger partial charge on any atom is -0.241 e. The van der Waals surface area contributed by atoms with E-state index in [1.807, 2.05) is 0 Å². The van der Waals surface area contributed by atoms with Crippen molar-refractivity contribution >= 4 is 33.9 Å². The molecule has 3 N–H and O–H groups in total. The first kappa shape index (κ1) is 11.7. The van der Waals surface area contributed by atoms with Gasteiger partial charge in [0.15, 0.2) is 0 Å². The van der Waals surface area contributed by atoms with Crippen molar-refractivity contribution in [1.82, 2.24) is 0 Å². The van der Waals surface area contributed by atoms with Crippen LogP contribution in [0.1, 0.15) is 0 Å². The molecule has 68 valence electrons. The molecule has 1 rings (SSSR count). The van der Waals surface area contributed by atoms with E-state index in [1.165, 1.54) is 12.1 Å². The molecule has 6 heteroatoms. The lowest BCUT2D eigenvalue weighted by molar-refractivity contribution is 0.676. The first-order valence-electron chi connectivity index (χ1n) is 2.82. The summed E-state index contributed by atoms with van der Waals surface area (Å²) in [6.07, 6.45) is 0. The average Bonchev–Trinajstić information content (AvgIpc) is 1.86. The lowest BCUT2D eigenvalue weighted by Crippen LogP contribution is -2.09. The first-order chi connectivity index (χ1) is 5.00. The van der Waals surface area contributed by atoms with Crippen molar-refractivity contribution in [2.24, 2.45) is 5.14 Å². The fourth-order valence-corrected chi connectivity index (χ4v) is 1.30. The third kappa shape index (κ3) is 2.98. The van der Waals surface area contributed by atoms with Crippen molar-refractivity contribution in [2.45, 2.75) is 4.90 Å². The maximum atomic E-state index is 10.9. The molecule has 0 aromatic heterocycles. The molecule has 0 radical (unpaired) electrons. The molecule has 1 aromatic rings. The van der Waals surface area contributed by atoms with Gasteiger partial charge in [0, 0.05) is 5.02 Å². The van der Waals surface area contributed by atoms with Crippen molar-refractivity contribution in [3.05, 3.63) is 29.3 Å². The van der Waals surface area contributed by atoms with Crippen LogP contribution in [0.25, 0.3) is 0 Å². The molecule has 0 saturated heterocycles. The zero-order chi connectivity index (χ0) is 8.48. The van der Waals surface area contributed by atoms with Gasteiger partial charge in [-0.3, -0.25) is 0 Å². The topological polar surface area (TPSA) is 66.9 Å². The zero-order valence-corrected chi connectivity index (χ0v) is 8.38. The number of halogens is 2. The van der Waals surface area contributed by atoms with E-state index in [-0.39, 0.29) is 12.4 Å². The van der Waals surface area contributed by atoms with Crippen LogP contribution in [0.5, 0.6) is 0 Å². The lowest BCUT2D eigenvalue weighted by atomic mass is 10.4. The second-order valence-electron chi connectivity index (χ2n) is 2.05. The maximum Gasteiger partial charge on any atom is 0.132 e. The predicted molar refractivity (Wildman–Crippen MR) is 52.0 cm³/mol. The van der Waals surface area contributed by atoms with Gasteiger partial charge < -0.3 is 0 Å². The van der Waals surface area contributed by atoms with E-state index in [0.29, 0.717) is 9.92 Å². The van der Waals surface area contributed by atoms with Crippen LogP contribution in [0.3, 0.4) is 0 Å². The number of rotatable bonds is 1. The summed E-state index contributed by atoms with van der Waals surface area (Å²) in [6.45, 7) is 0. The summed E-state index contributed by atoms with van der Waals surface area (Å²) in [4.78, 5) is 0.293. The predicted octanol–water partition coefficient (Wildman–Crippen LogP) is 2.04. The molecule has 3 nitrogen and oxygen atoms in total. The molecule has 0 amide bonds. The molecule has 12 heavy (non-hydrogen) atoms. The van der Waals surface area contributed by atoms with Crippen molar-refractivity contribution in [3.8, 4) is 0 Å². The van der Waals surface area contributed by atoms with E-state index >= 15 is 0 Å². The Bertz CT molecular complexity index is 346. The maximum absolute atomic E-state index is 10.9. The van der Waals surface area contributed by atoms with Crippen LogP contribution in [-0.4, -0.2) is 4.21 Å². The van der Waals surface area contributed by atoms with Gasteiger partial charge in [0.25, 0.3) is 0 Å². The highest BCUT2D eigenvalue weighted by atomic mass is 35.5. The Labute approximate surface area is 82.4 Å². The number of nitrogens with one attached hydrogen (secondary N) is 1. The van der Waals surface area contributed by atoms with Gasteiger partial charge in [-0.25, -0.2) is 14.1 Å². The average molecular weight is 227 g/mol. The Balaban J connectivity index is 0.00000121. The number of nitrogens with two attached hydrogens (primary N) is 1. The minimum absolute atomic E-state index is 0. The van der Waals surface area contributed by atoms with E-state index in [0.717, 1.165) is 0 Å². The molecule has 0 fully saturated rings. The second-order valence-corrected chi connectivity index (χ2v) is 4.16. The molecule has 1 aromatic carbocycles. The van der Waals surface area contributed by atoms with Crippen molar-refractivity contribution < 1.29 is 4.21 Å². The van der Waals surface area contributed by atoms with Crippen LogP contribution in [0, 0.1) is 4.78 Å². The zero-order valence-electron chi connectivity index (χ0n) is 5.99. The van der Waals surface area contributed by atoms with Gasteiger partial charge in [0.05, 0.1) is 4.90 Å². The molecule has 0 spiro atoms. The molecule has 0 heterocycles. The van der Waals surface area contributed by atoms with Crippen molar-refractivity contribution in [2.75, 3.05) is 0 Å². The van der Waals surface area contributed by atoms with E-state index in [9.17, 15) is 4.21 Å². The third-order valence-corrected chi connectivity index (χ3v) is 2.39. The van der Waals surface area contributed by atoms with Gasteiger partial charge >= 0.3 is 0 Å². The van der Waals surface area contributed by atoms with E-state index in [1.54, 1.807) is 12.1 Å². The van der Waals surface area contributed by atoms with Crippen LogP contribution in [0.4, 0.5) is 0 Å². The van der Waals surface area contributed by atoms with Crippen molar-refractivity contribution in [1.29, 1.82) is 4.78 Å². The fraction of sp³-hybridized carbons (Fsp3) is 0. The smallest absolute Gasteiger partial charge is 0.132 e. The lowest BCUT2D eigenvalue weighted by Gasteiger charge is -1.98. The Morgan fingerprint density at radius 1 is 1.33 bits per heavy atom. The molecular weight excluding hydrogens is 219 g/mol. The molecule has 0 saturated carbocycles. The van der Waals surface area contributed by atoms with Crippen molar-refractivity contribution in [3.63, 3.8) is 0 Å². The molecule has 0 aliphatic rings. The first-order valence-corrected chi connectivity index (χ1v) is 4.82. The van der Waals surface area contributed by atoms with E-state index in [2.05, 4.69) is 0 Å². The van der Waals surface area contributed by atoms with Gasteiger partial charge in [0.2, 0.25) is 0 Å². The number of hydrogen-bond acceptors (Lipinski definition) is 2. The van der Waals surface area contributed by atoms with Gasteiger partial charge in [-0.2, -0.15) is 0 Å². The summed E-state index contributed by atoms with van der Waals surface area (Å²) in [6, 6.07) is 6.07. The molecule has 1 unspecified atom stereocenters. The SMILES string of the molecule is Cl.N=S(N)(=O)c1ccc(Cl)cc1. The Morgan fingerprint density at radius 2 is 1.75 bits per heavy atom. The molecule has 0 aliphatic heterocycles. The van der Waals surface area contributed by atoms with E-state index < -0.39 is 9.92 Å². The summed E-state index contributed by atoms with van der Waals surface area (Å²) >= 11 is 5.57. The van der Waals surface area contributed by atoms with Gasteiger partial charge in [-0.05, 0) is 24.3 Å². The van der Waals surface area contributed by atoms with Gasteiger partial charge in [-0.15, -0.1) is 12.4 Å². The van der Waals surface area contributed by atoms with Gasteiger partial charge in [0.1, 0.15) is 9.92 Å². The second kappa shape index (κ2) is 4.09. The number of hydrogen-bond donors (Lipinski definition) is 2. The van der Waals surface area contributed by atoms with Gasteiger partial charge in [-0.1, -0.05) is 11.6 Å². The summed E-state index contributed by atoms with van der Waals surface area (Å²) in [5, 5.41) is 5.60. The largest absolute Gasteiger partial charge is 0.241 e. The Morgan fingerprint density at radius 3 is 2.08 bits per heavy atom. The Kier molecular flexibility index (Phi) is 3.99. The molecule has 1 atom stereocenters. The van der Waals surface area contributed by atoms with E-state index in [4.69, 9.17) is 21.5 Å². The number of benzene rings is 1. The fourth-order valence-electron chi connectivity index (χ4n) is 0.637. The summed E-state index contributed by atoms with van der Waals surface area (Å²) in [5.41, 5.74) is 0. The quantitative estimate of drug-likeness (QED) is 0.757. The summed E-state index contributed by atoms with van der Waals surface area (Å²) < 4.78 is 17.9. The monoisotopic (exact) mass is 226 g/mol. The standard InChI is InChI=1S/C6H7ClN2OS.ClH/c7-5-1-3-6(4-2-5)11(8,9)10;/h1-4H,(H3,8,9,10);1H. The molecule has 0 bridgehead atoms. The molecule has 0 aliphatic carbocycles. The van der Waals surface area contributed by atoms with Crippen LogP contribution in [0.15, 0.2) is 29.2 Å². The highest BCUT2D eigenvalue weighted by molar-refractivity contribution is 7.90. The third-order valence-electron chi connectivity index (χ3n) is 1.16. The molecular formula is C6H8Cl2N2OS. The minimum atomic E-state index is -3.08. The summed E-state index contributed by atoms with van der Waals surface area (Å²) in [7, 11) is -3.08. The normalized spacial score (nSPS) is 14.5. The highest BCUT2D eigenvalue weighted by Gasteiger charge is 2.01. The van der Waals surface area contributed by atoms with Crippen LogP contribution in [0.2, 0.25) is 5.02 Å². The highest BCUT2D eigenvalue weighted by Crippen LogP contribution is 2.12. The van der Waals surface area contributed by atoms with Crippen LogP contribution >= 0.6 is 24.0 Å². The Hall–Kier alpha value is -0.290. The van der Waals surface area contributed by atoms with Crippen LogP contribution < -0.4 is 5.14 Å².